The highest BCUT2D eigenvalue weighted by Crippen LogP contribution is 2.40. The number of rotatable bonds is 3. The number of halogens is 1. The van der Waals surface area contributed by atoms with Crippen molar-refractivity contribution in [2.75, 3.05) is 13.2 Å². The predicted molar refractivity (Wildman–Crippen MR) is 66.3 cm³/mol. The van der Waals surface area contributed by atoms with E-state index in [1.807, 2.05) is 24.3 Å². The molecule has 17 heavy (non-hydrogen) atoms. The summed E-state index contributed by atoms with van der Waals surface area (Å²) in [5.41, 5.74) is 6.03. The topological polar surface area (TPSA) is 35.2 Å². The molecule has 1 aliphatic rings. The van der Waals surface area contributed by atoms with Crippen molar-refractivity contribution in [3.05, 3.63) is 35.4 Å². The molecule has 0 amide bonds. The molecule has 1 fully saturated rings. The lowest BCUT2D eigenvalue weighted by Crippen LogP contribution is -2.33. The largest absolute Gasteiger partial charge is 0.381 e. The molecule has 1 aromatic rings. The Hall–Kier alpha value is -0.930. The van der Waals surface area contributed by atoms with Gasteiger partial charge in [-0.1, -0.05) is 24.3 Å². The standard InChI is InChI=1S/C14H20FNO/c1-14(15,12-6-8-17-9-7-12)13-5-3-2-4-11(13)10-16/h2-5,12H,6-10,16H2,1H3. The Kier molecular flexibility index (Phi) is 3.79. The van der Waals surface area contributed by atoms with Crippen molar-refractivity contribution in [3.8, 4) is 0 Å². The van der Waals surface area contributed by atoms with Crippen molar-refractivity contribution in [1.82, 2.24) is 0 Å². The molecule has 3 heteroatoms. The Morgan fingerprint density at radius 2 is 2.00 bits per heavy atom. The van der Waals surface area contributed by atoms with E-state index in [-0.39, 0.29) is 5.92 Å². The first-order chi connectivity index (χ1) is 8.16. The number of ether oxygens (including phenoxy) is 1. The van der Waals surface area contributed by atoms with Crippen molar-refractivity contribution < 1.29 is 9.13 Å². The van der Waals surface area contributed by atoms with Gasteiger partial charge in [0, 0.05) is 25.7 Å². The smallest absolute Gasteiger partial charge is 0.136 e. The summed E-state index contributed by atoms with van der Waals surface area (Å²) in [7, 11) is 0. The van der Waals surface area contributed by atoms with Gasteiger partial charge in [0.15, 0.2) is 0 Å². The Bertz CT molecular complexity index is 372. The molecule has 0 bridgehead atoms. The van der Waals surface area contributed by atoms with E-state index in [1.165, 1.54) is 0 Å². The third-order valence-electron chi connectivity index (χ3n) is 3.75. The van der Waals surface area contributed by atoms with Crippen molar-refractivity contribution in [2.45, 2.75) is 32.0 Å². The fourth-order valence-corrected chi connectivity index (χ4v) is 2.63. The normalized spacial score (nSPS) is 21.1. The van der Waals surface area contributed by atoms with E-state index in [0.29, 0.717) is 19.8 Å². The van der Waals surface area contributed by atoms with Crippen LogP contribution < -0.4 is 5.73 Å². The molecule has 2 rings (SSSR count). The maximum absolute atomic E-state index is 15.0. The van der Waals surface area contributed by atoms with Crippen LogP contribution in [0.5, 0.6) is 0 Å². The first-order valence-corrected chi connectivity index (χ1v) is 6.21. The fourth-order valence-electron chi connectivity index (χ4n) is 2.63. The Labute approximate surface area is 102 Å². The third kappa shape index (κ3) is 2.50. The summed E-state index contributed by atoms with van der Waals surface area (Å²) in [5, 5.41) is 0. The highest BCUT2D eigenvalue weighted by molar-refractivity contribution is 5.32. The fraction of sp³-hybridized carbons (Fsp3) is 0.571. The summed E-state index contributed by atoms with van der Waals surface area (Å²) >= 11 is 0. The molecule has 1 saturated heterocycles. The van der Waals surface area contributed by atoms with Crippen molar-refractivity contribution in [2.24, 2.45) is 11.7 Å². The molecule has 1 aliphatic heterocycles. The molecule has 2 N–H and O–H groups in total. The van der Waals surface area contributed by atoms with E-state index >= 15 is 4.39 Å². The SMILES string of the molecule is CC(F)(c1ccccc1CN)C1CCOCC1. The Morgan fingerprint density at radius 3 is 2.65 bits per heavy atom. The van der Waals surface area contributed by atoms with E-state index < -0.39 is 5.67 Å². The van der Waals surface area contributed by atoms with E-state index in [9.17, 15) is 0 Å². The Balaban J connectivity index is 2.29. The summed E-state index contributed by atoms with van der Waals surface area (Å²) in [6.45, 7) is 3.39. The van der Waals surface area contributed by atoms with Gasteiger partial charge in [0.1, 0.15) is 5.67 Å². The first kappa shape index (κ1) is 12.5. The van der Waals surface area contributed by atoms with Gasteiger partial charge in [-0.3, -0.25) is 0 Å². The second-order valence-corrected chi connectivity index (χ2v) is 4.82. The molecule has 0 saturated carbocycles. The van der Waals surface area contributed by atoms with Crippen molar-refractivity contribution >= 4 is 0 Å². The minimum Gasteiger partial charge on any atom is -0.381 e. The van der Waals surface area contributed by atoms with Gasteiger partial charge in [-0.2, -0.15) is 0 Å². The maximum Gasteiger partial charge on any atom is 0.136 e. The van der Waals surface area contributed by atoms with Crippen molar-refractivity contribution in [3.63, 3.8) is 0 Å². The van der Waals surface area contributed by atoms with Crippen LogP contribution in [0, 0.1) is 5.92 Å². The summed E-state index contributed by atoms with van der Waals surface area (Å²) in [5.74, 6) is 0.0314. The molecule has 1 aromatic carbocycles. The first-order valence-electron chi connectivity index (χ1n) is 6.21. The number of alkyl halides is 1. The summed E-state index contributed by atoms with van der Waals surface area (Å²) in [4.78, 5) is 0. The van der Waals surface area contributed by atoms with Crippen LogP contribution in [0.1, 0.15) is 30.9 Å². The average Bonchev–Trinajstić information content (AvgIpc) is 2.39. The molecule has 1 atom stereocenters. The monoisotopic (exact) mass is 237 g/mol. The molecular weight excluding hydrogens is 217 g/mol. The van der Waals surface area contributed by atoms with Gasteiger partial charge in [0.05, 0.1) is 0 Å². The maximum atomic E-state index is 15.0. The van der Waals surface area contributed by atoms with Gasteiger partial charge in [0.2, 0.25) is 0 Å². The highest BCUT2D eigenvalue weighted by Gasteiger charge is 2.38. The van der Waals surface area contributed by atoms with E-state index in [2.05, 4.69) is 0 Å². The molecule has 0 aromatic heterocycles. The molecule has 1 unspecified atom stereocenters. The molecule has 94 valence electrons. The molecule has 2 nitrogen and oxygen atoms in total. The van der Waals surface area contributed by atoms with Gasteiger partial charge in [0.25, 0.3) is 0 Å². The van der Waals surface area contributed by atoms with Crippen LogP contribution >= 0.6 is 0 Å². The zero-order chi connectivity index (χ0) is 12.3. The van der Waals surface area contributed by atoms with Crippen LogP contribution in [0.15, 0.2) is 24.3 Å². The van der Waals surface area contributed by atoms with Crippen LogP contribution in [0.4, 0.5) is 4.39 Å². The Morgan fingerprint density at radius 1 is 1.35 bits per heavy atom. The van der Waals surface area contributed by atoms with Gasteiger partial charge in [-0.15, -0.1) is 0 Å². The lowest BCUT2D eigenvalue weighted by molar-refractivity contribution is -0.00537. The van der Waals surface area contributed by atoms with Gasteiger partial charge < -0.3 is 10.5 Å². The van der Waals surface area contributed by atoms with Crippen LogP contribution in [0.2, 0.25) is 0 Å². The molecule has 0 radical (unpaired) electrons. The summed E-state index contributed by atoms with van der Waals surface area (Å²) < 4.78 is 20.3. The lowest BCUT2D eigenvalue weighted by Gasteiger charge is -2.34. The zero-order valence-corrected chi connectivity index (χ0v) is 10.3. The number of hydrogen-bond donors (Lipinski definition) is 1. The number of hydrogen-bond acceptors (Lipinski definition) is 2. The molecule has 0 spiro atoms. The van der Waals surface area contributed by atoms with E-state index in [1.54, 1.807) is 6.92 Å². The summed E-state index contributed by atoms with van der Waals surface area (Å²) in [6.07, 6.45) is 1.57. The van der Waals surface area contributed by atoms with Crippen LogP contribution in [0.3, 0.4) is 0 Å². The second-order valence-electron chi connectivity index (χ2n) is 4.82. The number of nitrogens with two attached hydrogens (primary N) is 1. The lowest BCUT2D eigenvalue weighted by atomic mass is 9.78. The van der Waals surface area contributed by atoms with E-state index in [4.69, 9.17) is 10.5 Å². The number of benzene rings is 1. The van der Waals surface area contributed by atoms with Gasteiger partial charge in [-0.05, 0) is 30.9 Å². The van der Waals surface area contributed by atoms with Crippen molar-refractivity contribution in [1.29, 1.82) is 0 Å². The second kappa shape index (κ2) is 5.15. The highest BCUT2D eigenvalue weighted by atomic mass is 19.1. The van der Waals surface area contributed by atoms with Crippen LogP contribution in [0.25, 0.3) is 0 Å². The van der Waals surface area contributed by atoms with Crippen LogP contribution in [-0.2, 0) is 17.0 Å². The molecule has 0 aliphatic carbocycles. The van der Waals surface area contributed by atoms with Gasteiger partial charge in [-0.25, -0.2) is 4.39 Å². The van der Waals surface area contributed by atoms with Crippen LogP contribution in [-0.4, -0.2) is 13.2 Å². The third-order valence-corrected chi connectivity index (χ3v) is 3.75. The molecule has 1 heterocycles. The van der Waals surface area contributed by atoms with Gasteiger partial charge >= 0.3 is 0 Å². The average molecular weight is 237 g/mol. The minimum atomic E-state index is -1.31. The van der Waals surface area contributed by atoms with E-state index in [0.717, 1.165) is 24.0 Å². The summed E-state index contributed by atoms with van der Waals surface area (Å²) in [6, 6.07) is 7.56. The minimum absolute atomic E-state index is 0.0314. The molecular formula is C14H20FNO. The quantitative estimate of drug-likeness (QED) is 0.877. The predicted octanol–water partition coefficient (Wildman–Crippen LogP) is 2.76. The zero-order valence-electron chi connectivity index (χ0n) is 10.3.